The SMILES string of the molecule is CNC(=O)[C@H](Nc1cncc(C(=O)O)c1)c1cc(Cl)cc(C2CC2)c1. The third kappa shape index (κ3) is 4.09. The van der Waals surface area contributed by atoms with Gasteiger partial charge in [-0.15, -0.1) is 0 Å². The van der Waals surface area contributed by atoms with E-state index in [0.717, 1.165) is 24.0 Å². The van der Waals surface area contributed by atoms with E-state index in [-0.39, 0.29) is 11.5 Å². The van der Waals surface area contributed by atoms with Gasteiger partial charge in [-0.25, -0.2) is 4.79 Å². The molecule has 130 valence electrons. The minimum Gasteiger partial charge on any atom is -0.478 e. The molecule has 3 N–H and O–H groups in total. The van der Waals surface area contributed by atoms with Gasteiger partial charge in [-0.05, 0) is 48.1 Å². The Hall–Kier alpha value is -2.60. The highest BCUT2D eigenvalue weighted by Crippen LogP contribution is 2.42. The van der Waals surface area contributed by atoms with Crippen molar-refractivity contribution in [2.45, 2.75) is 24.8 Å². The Kier molecular flexibility index (Phi) is 4.90. The van der Waals surface area contributed by atoms with E-state index in [4.69, 9.17) is 16.7 Å². The molecule has 1 saturated carbocycles. The zero-order chi connectivity index (χ0) is 18.0. The van der Waals surface area contributed by atoms with Crippen molar-refractivity contribution in [3.05, 3.63) is 58.4 Å². The van der Waals surface area contributed by atoms with Gasteiger partial charge < -0.3 is 15.7 Å². The maximum Gasteiger partial charge on any atom is 0.337 e. The summed E-state index contributed by atoms with van der Waals surface area (Å²) in [4.78, 5) is 27.4. The van der Waals surface area contributed by atoms with Crippen molar-refractivity contribution in [1.29, 1.82) is 0 Å². The van der Waals surface area contributed by atoms with Gasteiger partial charge in [-0.1, -0.05) is 17.7 Å². The van der Waals surface area contributed by atoms with Gasteiger partial charge in [0, 0.05) is 18.3 Å². The first kappa shape index (κ1) is 17.2. The van der Waals surface area contributed by atoms with Crippen molar-refractivity contribution in [1.82, 2.24) is 10.3 Å². The van der Waals surface area contributed by atoms with E-state index in [2.05, 4.69) is 15.6 Å². The number of carbonyl (C=O) groups excluding carboxylic acids is 1. The fourth-order valence-electron chi connectivity index (χ4n) is 2.70. The molecule has 1 atom stereocenters. The van der Waals surface area contributed by atoms with Crippen LogP contribution in [0.2, 0.25) is 5.02 Å². The lowest BCUT2D eigenvalue weighted by atomic mass is 10.0. The summed E-state index contributed by atoms with van der Waals surface area (Å²) in [6, 6.07) is 6.39. The number of halogens is 1. The summed E-state index contributed by atoms with van der Waals surface area (Å²) in [7, 11) is 1.55. The van der Waals surface area contributed by atoms with Crippen molar-refractivity contribution in [3.8, 4) is 0 Å². The number of anilines is 1. The Bertz CT molecular complexity index is 821. The van der Waals surface area contributed by atoms with Gasteiger partial charge >= 0.3 is 5.97 Å². The number of carboxylic acid groups (broad SMARTS) is 1. The number of aromatic nitrogens is 1. The number of aromatic carboxylic acids is 1. The molecule has 1 heterocycles. The van der Waals surface area contributed by atoms with Gasteiger partial charge in [0.1, 0.15) is 6.04 Å². The van der Waals surface area contributed by atoms with E-state index < -0.39 is 12.0 Å². The van der Waals surface area contributed by atoms with Gasteiger partial charge in [-0.3, -0.25) is 9.78 Å². The van der Waals surface area contributed by atoms with Crippen molar-refractivity contribution in [3.63, 3.8) is 0 Å². The Morgan fingerprint density at radius 2 is 2.00 bits per heavy atom. The largest absolute Gasteiger partial charge is 0.478 e. The lowest BCUT2D eigenvalue weighted by molar-refractivity contribution is -0.121. The van der Waals surface area contributed by atoms with Crippen LogP contribution in [-0.4, -0.2) is 29.0 Å². The van der Waals surface area contributed by atoms with Crippen LogP contribution in [0.25, 0.3) is 0 Å². The van der Waals surface area contributed by atoms with Gasteiger partial charge in [0.15, 0.2) is 0 Å². The Morgan fingerprint density at radius 1 is 1.24 bits per heavy atom. The molecule has 0 bridgehead atoms. The van der Waals surface area contributed by atoms with Crippen LogP contribution < -0.4 is 10.6 Å². The van der Waals surface area contributed by atoms with Crippen LogP contribution in [0.15, 0.2) is 36.7 Å². The normalized spacial score (nSPS) is 14.6. The number of pyridine rings is 1. The quantitative estimate of drug-likeness (QED) is 0.736. The summed E-state index contributed by atoms with van der Waals surface area (Å²) in [6.45, 7) is 0. The molecule has 3 rings (SSSR count). The van der Waals surface area contributed by atoms with E-state index in [1.54, 1.807) is 13.1 Å². The summed E-state index contributed by atoms with van der Waals surface area (Å²) in [5.74, 6) is -0.823. The third-order valence-electron chi connectivity index (χ3n) is 4.13. The van der Waals surface area contributed by atoms with Crippen molar-refractivity contribution < 1.29 is 14.7 Å². The molecule has 0 radical (unpaired) electrons. The van der Waals surface area contributed by atoms with E-state index >= 15 is 0 Å². The second-order valence-corrected chi connectivity index (χ2v) is 6.49. The van der Waals surface area contributed by atoms with Crippen LogP contribution in [-0.2, 0) is 4.79 Å². The molecule has 0 spiro atoms. The van der Waals surface area contributed by atoms with Crippen LogP contribution in [0.4, 0.5) is 5.69 Å². The number of benzene rings is 1. The Morgan fingerprint density at radius 3 is 2.64 bits per heavy atom. The zero-order valence-corrected chi connectivity index (χ0v) is 14.4. The van der Waals surface area contributed by atoms with Crippen LogP contribution in [0.5, 0.6) is 0 Å². The molecule has 2 aromatic rings. The van der Waals surface area contributed by atoms with Gasteiger partial charge in [0.05, 0.1) is 17.4 Å². The summed E-state index contributed by atoms with van der Waals surface area (Å²) in [5, 5.41) is 15.4. The molecule has 0 saturated heterocycles. The second kappa shape index (κ2) is 7.11. The minimum absolute atomic E-state index is 0.0467. The predicted octanol–water partition coefficient (Wildman–Crippen LogP) is 3.21. The number of likely N-dealkylation sites (N-methyl/N-ethyl adjacent to an activating group) is 1. The van der Waals surface area contributed by atoms with E-state index in [9.17, 15) is 9.59 Å². The van der Waals surface area contributed by atoms with E-state index in [0.29, 0.717) is 16.6 Å². The molecule has 25 heavy (non-hydrogen) atoms. The fraction of sp³-hybridized carbons (Fsp3) is 0.278. The highest BCUT2D eigenvalue weighted by molar-refractivity contribution is 6.30. The highest BCUT2D eigenvalue weighted by Gasteiger charge is 2.27. The first-order valence-electron chi connectivity index (χ1n) is 7.95. The molecule has 1 aliphatic rings. The lowest BCUT2D eigenvalue weighted by Crippen LogP contribution is -2.31. The van der Waals surface area contributed by atoms with Crippen molar-refractivity contribution >= 4 is 29.2 Å². The second-order valence-electron chi connectivity index (χ2n) is 6.05. The molecular formula is C18H18ClN3O3. The zero-order valence-electron chi connectivity index (χ0n) is 13.6. The molecule has 0 aliphatic heterocycles. The molecule has 1 aliphatic carbocycles. The van der Waals surface area contributed by atoms with Crippen LogP contribution in [0, 0.1) is 0 Å². The number of amides is 1. The number of nitrogens with zero attached hydrogens (tertiary/aromatic N) is 1. The molecule has 1 aromatic heterocycles. The fourth-order valence-corrected chi connectivity index (χ4v) is 2.95. The van der Waals surface area contributed by atoms with E-state index in [1.807, 2.05) is 12.1 Å². The lowest BCUT2D eigenvalue weighted by Gasteiger charge is -2.20. The molecule has 0 unspecified atom stereocenters. The summed E-state index contributed by atoms with van der Waals surface area (Å²) < 4.78 is 0. The molecule has 1 fully saturated rings. The third-order valence-corrected chi connectivity index (χ3v) is 4.35. The molecular weight excluding hydrogens is 342 g/mol. The first-order chi connectivity index (χ1) is 12.0. The minimum atomic E-state index is -1.08. The number of rotatable bonds is 6. The van der Waals surface area contributed by atoms with Crippen LogP contribution in [0.1, 0.15) is 46.3 Å². The average molecular weight is 360 g/mol. The van der Waals surface area contributed by atoms with E-state index in [1.165, 1.54) is 18.5 Å². The number of hydrogen-bond donors (Lipinski definition) is 3. The number of carboxylic acids is 1. The number of hydrogen-bond acceptors (Lipinski definition) is 4. The van der Waals surface area contributed by atoms with Gasteiger partial charge in [-0.2, -0.15) is 0 Å². The van der Waals surface area contributed by atoms with Crippen LogP contribution in [0.3, 0.4) is 0 Å². The van der Waals surface area contributed by atoms with Crippen molar-refractivity contribution in [2.75, 3.05) is 12.4 Å². The molecule has 6 nitrogen and oxygen atoms in total. The predicted molar refractivity (Wildman–Crippen MR) is 95.1 cm³/mol. The van der Waals surface area contributed by atoms with Gasteiger partial charge in [0.25, 0.3) is 0 Å². The summed E-state index contributed by atoms with van der Waals surface area (Å²) in [5.41, 5.74) is 2.34. The Labute approximate surface area is 150 Å². The summed E-state index contributed by atoms with van der Waals surface area (Å²) in [6.07, 6.45) is 4.99. The molecule has 7 heteroatoms. The maximum absolute atomic E-state index is 12.4. The number of carbonyl (C=O) groups is 2. The monoisotopic (exact) mass is 359 g/mol. The first-order valence-corrected chi connectivity index (χ1v) is 8.32. The van der Waals surface area contributed by atoms with Crippen molar-refractivity contribution in [2.24, 2.45) is 0 Å². The molecule has 1 amide bonds. The highest BCUT2D eigenvalue weighted by atomic mass is 35.5. The maximum atomic E-state index is 12.4. The topological polar surface area (TPSA) is 91.3 Å². The Balaban J connectivity index is 1.94. The van der Waals surface area contributed by atoms with Crippen LogP contribution >= 0.6 is 11.6 Å². The smallest absolute Gasteiger partial charge is 0.337 e. The number of nitrogens with one attached hydrogen (secondary N) is 2. The average Bonchev–Trinajstić information content (AvgIpc) is 3.43. The molecule has 1 aromatic carbocycles. The van der Waals surface area contributed by atoms with Gasteiger partial charge in [0.2, 0.25) is 5.91 Å². The standard InChI is InChI=1S/C18H18ClN3O3/c1-20-17(23)16(22-15-7-13(18(24)25)8-21-9-15)12-4-11(10-2-3-10)5-14(19)6-12/h4-10,16,22H,2-3H2,1H3,(H,20,23)(H,24,25)/t16-/m1/s1. The summed E-state index contributed by atoms with van der Waals surface area (Å²) >= 11 is 6.23.